The van der Waals surface area contributed by atoms with Crippen molar-refractivity contribution in [1.82, 2.24) is 20.2 Å². The summed E-state index contributed by atoms with van der Waals surface area (Å²) < 4.78 is 0. The number of nitrogens with one attached hydrogen (secondary N) is 1. The minimum absolute atomic E-state index is 0. The molecule has 1 aromatic rings. The second-order valence-corrected chi connectivity index (χ2v) is 5.86. The van der Waals surface area contributed by atoms with Crippen LogP contribution >= 0.6 is 36.4 Å². The molecule has 2 heterocycles. The van der Waals surface area contributed by atoms with Crippen LogP contribution in [0.25, 0.3) is 0 Å². The van der Waals surface area contributed by atoms with E-state index in [1.54, 1.807) is 0 Å². The van der Waals surface area contributed by atoms with Crippen molar-refractivity contribution in [3.8, 4) is 0 Å². The second-order valence-electron chi connectivity index (χ2n) is 5.50. The molecule has 1 saturated heterocycles. The Bertz CT molecular complexity index is 710. The number of nitrogens with zero attached hydrogens (tertiary/aromatic N) is 4. The van der Waals surface area contributed by atoms with Gasteiger partial charge in [0, 0.05) is 13.1 Å². The molecule has 0 aliphatic carbocycles. The molecule has 1 fully saturated rings. The summed E-state index contributed by atoms with van der Waals surface area (Å²) in [6.45, 7) is 1.18. The first kappa shape index (κ1) is 24.9. The molecule has 8 N–H and O–H groups in total. The van der Waals surface area contributed by atoms with Crippen LogP contribution in [0.1, 0.15) is 23.3 Å². The maximum absolute atomic E-state index is 12.1. The molecule has 0 bridgehead atoms. The van der Waals surface area contributed by atoms with Gasteiger partial charge in [0.1, 0.15) is 0 Å². The number of hydrogen-bond acceptors (Lipinski definition) is 8. The maximum atomic E-state index is 12.1. The monoisotopic (exact) mass is 442 g/mol. The van der Waals surface area contributed by atoms with Crippen molar-refractivity contribution >= 4 is 65.9 Å². The number of rotatable bonds is 4. The largest absolute Gasteiger partial charge is 0.480 e. The lowest BCUT2D eigenvalue weighted by molar-refractivity contribution is -0.138. The summed E-state index contributed by atoms with van der Waals surface area (Å²) >= 11 is 5.73. The van der Waals surface area contributed by atoms with Crippen LogP contribution in [0.5, 0.6) is 0 Å². The number of carbonyl (C=O) groups is 2. The summed E-state index contributed by atoms with van der Waals surface area (Å²) in [6.07, 6.45) is 1.28. The predicted molar refractivity (Wildman–Crippen MR) is 107 cm³/mol. The van der Waals surface area contributed by atoms with Crippen LogP contribution in [0.3, 0.4) is 0 Å². The molecule has 0 unspecified atom stereocenters. The number of anilines is 2. The van der Waals surface area contributed by atoms with Gasteiger partial charge in [-0.15, -0.1) is 24.8 Å². The van der Waals surface area contributed by atoms with Crippen molar-refractivity contribution in [3.63, 3.8) is 0 Å². The first-order valence-electron chi connectivity index (χ1n) is 7.43. The SMILES string of the molecule is Cl.Cl.NC(=NC1CCN(CC(=O)O)CC1)NC(=O)c1nc(Cl)c(N)nc1N. The van der Waals surface area contributed by atoms with Gasteiger partial charge in [0.15, 0.2) is 28.4 Å². The van der Waals surface area contributed by atoms with Crippen LogP contribution in [0, 0.1) is 0 Å². The number of guanidine groups is 1. The van der Waals surface area contributed by atoms with Gasteiger partial charge in [-0.25, -0.2) is 15.0 Å². The lowest BCUT2D eigenvalue weighted by atomic mass is 10.1. The number of nitrogen functional groups attached to an aromatic ring is 2. The third-order valence-electron chi connectivity index (χ3n) is 3.60. The van der Waals surface area contributed by atoms with Crippen LogP contribution in [0.2, 0.25) is 5.15 Å². The third kappa shape index (κ3) is 7.21. The Morgan fingerprint density at radius 1 is 1.22 bits per heavy atom. The van der Waals surface area contributed by atoms with E-state index < -0.39 is 11.9 Å². The summed E-state index contributed by atoms with van der Waals surface area (Å²) in [6, 6.07) is -0.108. The zero-order chi connectivity index (χ0) is 18.6. The standard InChI is InChI=1S/C13H19ClN8O3.2ClH/c14-9-11(16)20-10(15)8(19-9)12(25)21-13(17)18-6-1-3-22(4-2-6)5-7(23)24;;/h6H,1-5H2,(H,23,24)(H4,15,16,20)(H3,17,18,21,25);2*1H. The van der Waals surface area contributed by atoms with Gasteiger partial charge in [-0.1, -0.05) is 11.6 Å². The molecule has 1 aromatic heterocycles. The lowest BCUT2D eigenvalue weighted by Gasteiger charge is -2.28. The molecule has 152 valence electrons. The van der Waals surface area contributed by atoms with Gasteiger partial charge in [0.05, 0.1) is 12.6 Å². The Morgan fingerprint density at radius 2 is 1.81 bits per heavy atom. The highest BCUT2D eigenvalue weighted by atomic mass is 35.5. The Hall–Kier alpha value is -2.08. The average molecular weight is 444 g/mol. The highest BCUT2D eigenvalue weighted by molar-refractivity contribution is 6.31. The summed E-state index contributed by atoms with van der Waals surface area (Å²) in [4.78, 5) is 36.3. The topological polar surface area (TPSA) is 186 Å². The Labute approximate surface area is 172 Å². The number of hydrogen-bond donors (Lipinski definition) is 5. The summed E-state index contributed by atoms with van der Waals surface area (Å²) in [5.74, 6) is -1.90. The number of carboxylic acids is 1. The molecular formula is C13H21Cl3N8O3. The quantitative estimate of drug-likeness (QED) is 0.308. The number of likely N-dealkylation sites (tertiary alicyclic amines) is 1. The van der Waals surface area contributed by atoms with Gasteiger partial charge in [0.2, 0.25) is 0 Å². The zero-order valence-corrected chi connectivity index (χ0v) is 16.5. The molecule has 1 aliphatic heterocycles. The molecule has 11 nitrogen and oxygen atoms in total. The van der Waals surface area contributed by atoms with Crippen molar-refractivity contribution in [2.45, 2.75) is 18.9 Å². The highest BCUT2D eigenvalue weighted by Gasteiger charge is 2.21. The van der Waals surface area contributed by atoms with E-state index in [1.807, 2.05) is 4.90 Å². The molecular weight excluding hydrogens is 423 g/mol. The van der Waals surface area contributed by atoms with Crippen molar-refractivity contribution < 1.29 is 14.7 Å². The number of nitrogens with two attached hydrogens (primary N) is 3. The van der Waals surface area contributed by atoms with Crippen molar-refractivity contribution in [1.29, 1.82) is 0 Å². The number of amides is 1. The van der Waals surface area contributed by atoms with Crippen LogP contribution in [0.4, 0.5) is 11.6 Å². The smallest absolute Gasteiger partial charge is 0.317 e. The number of aliphatic imine (C=N–C) groups is 1. The van der Waals surface area contributed by atoms with E-state index in [4.69, 9.17) is 33.9 Å². The van der Waals surface area contributed by atoms with Gasteiger partial charge >= 0.3 is 5.97 Å². The van der Waals surface area contributed by atoms with Gasteiger partial charge < -0.3 is 22.3 Å². The van der Waals surface area contributed by atoms with Crippen molar-refractivity contribution in [2.24, 2.45) is 10.7 Å². The molecule has 0 aromatic carbocycles. The number of aromatic nitrogens is 2. The van der Waals surface area contributed by atoms with Crippen molar-refractivity contribution in [3.05, 3.63) is 10.8 Å². The fourth-order valence-corrected chi connectivity index (χ4v) is 2.54. The zero-order valence-electron chi connectivity index (χ0n) is 14.1. The molecule has 27 heavy (non-hydrogen) atoms. The Balaban J connectivity index is 0.00000338. The number of aliphatic carboxylic acids is 1. The van der Waals surface area contributed by atoms with Crippen LogP contribution < -0.4 is 22.5 Å². The molecule has 0 saturated carbocycles. The van der Waals surface area contributed by atoms with Crippen molar-refractivity contribution in [2.75, 3.05) is 31.1 Å². The predicted octanol–water partition coefficient (Wildman–Crippen LogP) is -0.268. The number of halogens is 3. The fraction of sp³-hybridized carbons (Fsp3) is 0.462. The van der Waals surface area contributed by atoms with E-state index in [9.17, 15) is 9.59 Å². The minimum Gasteiger partial charge on any atom is -0.480 e. The van der Waals surface area contributed by atoms with Gasteiger partial charge in [-0.3, -0.25) is 19.8 Å². The molecule has 14 heteroatoms. The van der Waals surface area contributed by atoms with Crippen LogP contribution in [-0.2, 0) is 4.79 Å². The molecule has 0 radical (unpaired) electrons. The third-order valence-corrected chi connectivity index (χ3v) is 3.88. The molecule has 1 amide bonds. The van der Waals surface area contributed by atoms with Gasteiger partial charge in [0.25, 0.3) is 5.91 Å². The number of carbonyl (C=O) groups excluding carboxylic acids is 1. The summed E-state index contributed by atoms with van der Waals surface area (Å²) in [5, 5.41) is 11.0. The molecule has 1 aliphatic rings. The first-order valence-corrected chi connectivity index (χ1v) is 7.81. The van der Waals surface area contributed by atoms with Crippen LogP contribution in [0.15, 0.2) is 4.99 Å². The van der Waals surface area contributed by atoms with E-state index in [0.29, 0.717) is 25.9 Å². The van der Waals surface area contributed by atoms with E-state index >= 15 is 0 Å². The van der Waals surface area contributed by atoms with E-state index in [0.717, 1.165) is 0 Å². The first-order chi connectivity index (χ1) is 11.8. The number of piperidine rings is 1. The van der Waals surface area contributed by atoms with E-state index in [2.05, 4.69) is 20.3 Å². The minimum atomic E-state index is -0.866. The summed E-state index contributed by atoms with van der Waals surface area (Å²) in [5.41, 5.74) is 16.6. The Kier molecular flexibility index (Phi) is 10.1. The van der Waals surface area contributed by atoms with E-state index in [-0.39, 0.29) is 65.8 Å². The molecule has 0 spiro atoms. The second kappa shape index (κ2) is 10.9. The molecule has 2 rings (SSSR count). The maximum Gasteiger partial charge on any atom is 0.317 e. The van der Waals surface area contributed by atoms with Gasteiger partial charge in [-0.05, 0) is 12.8 Å². The fourth-order valence-electron chi connectivity index (χ4n) is 2.41. The van der Waals surface area contributed by atoms with E-state index in [1.165, 1.54) is 0 Å². The van der Waals surface area contributed by atoms with Gasteiger partial charge in [-0.2, -0.15) is 0 Å². The highest BCUT2D eigenvalue weighted by Crippen LogP contribution is 2.17. The Morgan fingerprint density at radius 3 is 2.37 bits per heavy atom. The average Bonchev–Trinajstić information content (AvgIpc) is 2.52. The summed E-state index contributed by atoms with van der Waals surface area (Å²) in [7, 11) is 0. The lowest BCUT2D eigenvalue weighted by Crippen LogP contribution is -2.42. The normalized spacial score (nSPS) is 15.4. The number of carboxylic acid groups (broad SMARTS) is 1. The molecule has 0 atom stereocenters. The van der Waals surface area contributed by atoms with Crippen LogP contribution in [-0.4, -0.2) is 63.5 Å².